The number of halogens is 2. The molecule has 0 aliphatic rings. The molecule has 0 bridgehead atoms. The zero-order valence-electron chi connectivity index (χ0n) is 12.3. The van der Waals surface area contributed by atoms with Crippen molar-refractivity contribution in [3.8, 4) is 0 Å². The van der Waals surface area contributed by atoms with Crippen LogP contribution in [0, 0.1) is 12.7 Å². The lowest BCUT2D eigenvalue weighted by Gasteiger charge is -2.18. The number of rotatable bonds is 5. The van der Waals surface area contributed by atoms with Crippen LogP contribution < -0.4 is 5.32 Å². The Labute approximate surface area is 134 Å². The fraction of sp³-hybridized carbons (Fsp3) is 0.312. The highest BCUT2D eigenvalue weighted by molar-refractivity contribution is 7.99. The number of aromatic nitrogens is 1. The van der Waals surface area contributed by atoms with Crippen LogP contribution in [0.15, 0.2) is 40.4 Å². The maximum Gasteiger partial charge on any atom is 0.126 e. The van der Waals surface area contributed by atoms with E-state index < -0.39 is 0 Å². The van der Waals surface area contributed by atoms with Gasteiger partial charge in [-0.1, -0.05) is 30.3 Å². The van der Waals surface area contributed by atoms with Crippen molar-refractivity contribution < 1.29 is 4.39 Å². The largest absolute Gasteiger partial charge is 0.310 e. The minimum Gasteiger partial charge on any atom is -0.310 e. The standard InChI is InChI=1S/C16H18ClFN2S/c1-4-19-11(3)13-8-14(18)10(2)7-15(13)21-16-6-5-12(17)9-20-16/h5-9,11,19H,4H2,1-3H3. The highest BCUT2D eigenvalue weighted by Crippen LogP contribution is 2.34. The van der Waals surface area contributed by atoms with Crippen LogP contribution in [-0.4, -0.2) is 11.5 Å². The molecular weight excluding hydrogens is 307 g/mol. The molecule has 2 rings (SSSR count). The molecule has 5 heteroatoms. The summed E-state index contributed by atoms with van der Waals surface area (Å²) in [4.78, 5) is 5.30. The summed E-state index contributed by atoms with van der Waals surface area (Å²) in [6, 6.07) is 7.24. The van der Waals surface area contributed by atoms with E-state index >= 15 is 0 Å². The molecule has 1 unspecified atom stereocenters. The van der Waals surface area contributed by atoms with Gasteiger partial charge in [0.15, 0.2) is 0 Å². The molecule has 0 aliphatic carbocycles. The van der Waals surface area contributed by atoms with Crippen LogP contribution in [-0.2, 0) is 0 Å². The van der Waals surface area contributed by atoms with Gasteiger partial charge in [0, 0.05) is 17.1 Å². The van der Waals surface area contributed by atoms with Gasteiger partial charge in [-0.2, -0.15) is 0 Å². The number of pyridine rings is 1. The molecule has 0 spiro atoms. The molecule has 21 heavy (non-hydrogen) atoms. The zero-order chi connectivity index (χ0) is 15.4. The lowest BCUT2D eigenvalue weighted by Crippen LogP contribution is -2.18. The highest BCUT2D eigenvalue weighted by Gasteiger charge is 2.14. The smallest absolute Gasteiger partial charge is 0.126 e. The van der Waals surface area contributed by atoms with Gasteiger partial charge in [-0.3, -0.25) is 0 Å². The Morgan fingerprint density at radius 1 is 1.38 bits per heavy atom. The van der Waals surface area contributed by atoms with Crippen molar-refractivity contribution in [3.05, 3.63) is 52.4 Å². The predicted octanol–water partition coefficient (Wildman–Crippen LogP) is 5.00. The Balaban J connectivity index is 2.36. The molecule has 2 aromatic rings. The van der Waals surface area contributed by atoms with E-state index in [1.807, 2.05) is 26.0 Å². The Kier molecular flexibility index (Phi) is 5.62. The molecule has 1 atom stereocenters. The van der Waals surface area contributed by atoms with E-state index in [1.165, 1.54) is 11.8 Å². The second-order valence-corrected chi connectivity index (χ2v) is 6.33. The summed E-state index contributed by atoms with van der Waals surface area (Å²) in [7, 11) is 0. The topological polar surface area (TPSA) is 24.9 Å². The normalized spacial score (nSPS) is 12.4. The van der Waals surface area contributed by atoms with Gasteiger partial charge >= 0.3 is 0 Å². The number of nitrogens with one attached hydrogen (secondary N) is 1. The maximum atomic E-state index is 13.9. The third-order valence-corrected chi connectivity index (χ3v) is 4.43. The molecule has 0 amide bonds. The van der Waals surface area contributed by atoms with E-state index in [0.717, 1.165) is 22.0 Å². The van der Waals surface area contributed by atoms with Crippen molar-refractivity contribution in [1.29, 1.82) is 0 Å². The van der Waals surface area contributed by atoms with E-state index in [2.05, 4.69) is 10.3 Å². The minimum atomic E-state index is -0.178. The van der Waals surface area contributed by atoms with Crippen molar-refractivity contribution in [3.63, 3.8) is 0 Å². The molecule has 1 N–H and O–H groups in total. The van der Waals surface area contributed by atoms with Crippen molar-refractivity contribution >= 4 is 23.4 Å². The molecule has 0 aliphatic heterocycles. The average Bonchev–Trinajstić information content (AvgIpc) is 2.45. The summed E-state index contributed by atoms with van der Waals surface area (Å²) in [6.45, 7) is 6.68. The lowest BCUT2D eigenvalue weighted by atomic mass is 10.1. The molecule has 0 saturated carbocycles. The van der Waals surface area contributed by atoms with E-state index in [4.69, 9.17) is 11.6 Å². The molecule has 112 valence electrons. The quantitative estimate of drug-likeness (QED) is 0.837. The Morgan fingerprint density at radius 3 is 2.76 bits per heavy atom. The van der Waals surface area contributed by atoms with Crippen molar-refractivity contribution in [1.82, 2.24) is 10.3 Å². The first-order valence-corrected chi connectivity index (χ1v) is 8.03. The van der Waals surface area contributed by atoms with Gasteiger partial charge in [-0.05, 0) is 55.8 Å². The molecular formula is C16H18ClFN2S. The molecule has 0 radical (unpaired) electrons. The summed E-state index contributed by atoms with van der Waals surface area (Å²) >= 11 is 7.38. The fourth-order valence-corrected chi connectivity index (χ4v) is 3.22. The van der Waals surface area contributed by atoms with Crippen LogP contribution in [0.25, 0.3) is 0 Å². The lowest BCUT2D eigenvalue weighted by molar-refractivity contribution is 0.571. The molecule has 2 nitrogen and oxygen atoms in total. The Morgan fingerprint density at radius 2 is 2.14 bits per heavy atom. The van der Waals surface area contributed by atoms with E-state index in [9.17, 15) is 4.39 Å². The first-order valence-electron chi connectivity index (χ1n) is 6.84. The number of nitrogens with zero attached hydrogens (tertiary/aromatic N) is 1. The van der Waals surface area contributed by atoms with Crippen molar-refractivity contribution in [2.75, 3.05) is 6.54 Å². The van der Waals surface area contributed by atoms with Gasteiger partial charge in [-0.15, -0.1) is 0 Å². The van der Waals surface area contributed by atoms with E-state index in [0.29, 0.717) is 10.6 Å². The number of hydrogen-bond acceptors (Lipinski definition) is 3. The molecule has 1 aromatic carbocycles. The van der Waals surface area contributed by atoms with Gasteiger partial charge in [0.1, 0.15) is 10.8 Å². The van der Waals surface area contributed by atoms with Crippen molar-refractivity contribution in [2.45, 2.75) is 36.7 Å². The third-order valence-electron chi connectivity index (χ3n) is 3.18. The summed E-state index contributed by atoms with van der Waals surface area (Å²) < 4.78 is 13.9. The average molecular weight is 325 g/mol. The van der Waals surface area contributed by atoms with E-state index in [-0.39, 0.29) is 11.9 Å². The number of aryl methyl sites for hydroxylation is 1. The van der Waals surface area contributed by atoms with Gasteiger partial charge in [0.25, 0.3) is 0 Å². The number of benzene rings is 1. The van der Waals surface area contributed by atoms with Crippen LogP contribution in [0.3, 0.4) is 0 Å². The van der Waals surface area contributed by atoms with Crippen LogP contribution in [0.4, 0.5) is 4.39 Å². The van der Waals surface area contributed by atoms with Crippen LogP contribution in [0.1, 0.15) is 31.0 Å². The SMILES string of the molecule is CCNC(C)c1cc(F)c(C)cc1Sc1ccc(Cl)cn1. The van der Waals surface area contributed by atoms with Crippen LogP contribution in [0.5, 0.6) is 0 Å². The Hall–Kier alpha value is -1.10. The highest BCUT2D eigenvalue weighted by atomic mass is 35.5. The summed E-state index contributed by atoms with van der Waals surface area (Å²) in [5.41, 5.74) is 1.58. The summed E-state index contributed by atoms with van der Waals surface area (Å²) in [6.07, 6.45) is 1.62. The minimum absolute atomic E-state index is 0.0832. The third kappa shape index (κ3) is 4.19. The number of hydrogen-bond donors (Lipinski definition) is 1. The monoisotopic (exact) mass is 324 g/mol. The van der Waals surface area contributed by atoms with Gasteiger partial charge in [0.2, 0.25) is 0 Å². The van der Waals surface area contributed by atoms with Crippen LogP contribution >= 0.6 is 23.4 Å². The van der Waals surface area contributed by atoms with E-state index in [1.54, 1.807) is 25.3 Å². The second kappa shape index (κ2) is 7.25. The summed E-state index contributed by atoms with van der Waals surface area (Å²) in [5, 5.41) is 4.77. The predicted molar refractivity (Wildman–Crippen MR) is 86.6 cm³/mol. The molecule has 1 aromatic heterocycles. The second-order valence-electron chi connectivity index (χ2n) is 4.84. The van der Waals surface area contributed by atoms with Gasteiger partial charge in [-0.25, -0.2) is 9.37 Å². The first kappa shape index (κ1) is 16.3. The fourth-order valence-electron chi connectivity index (χ4n) is 2.05. The van der Waals surface area contributed by atoms with Gasteiger partial charge < -0.3 is 5.32 Å². The summed E-state index contributed by atoms with van der Waals surface area (Å²) in [5.74, 6) is -0.178. The van der Waals surface area contributed by atoms with Crippen molar-refractivity contribution in [2.24, 2.45) is 0 Å². The van der Waals surface area contributed by atoms with Crippen LogP contribution in [0.2, 0.25) is 5.02 Å². The Bertz CT molecular complexity index is 616. The van der Waals surface area contributed by atoms with Gasteiger partial charge in [0.05, 0.1) is 5.02 Å². The first-order chi connectivity index (χ1) is 10.0. The molecule has 1 heterocycles. The zero-order valence-corrected chi connectivity index (χ0v) is 13.9. The maximum absolute atomic E-state index is 13.9. The molecule has 0 fully saturated rings. The molecule has 0 saturated heterocycles.